The van der Waals surface area contributed by atoms with E-state index in [1.165, 1.54) is 0 Å². The third-order valence-electron chi connectivity index (χ3n) is 2.19. The third kappa shape index (κ3) is 8.91. The molecule has 1 N–H and O–H groups in total. The Morgan fingerprint density at radius 2 is 2.31 bits per heavy atom. The molecule has 0 aromatic rings. The molecule has 0 saturated heterocycles. The SMILES string of the molecule is C#CC#CCC/C=C\C(=O)NCC(C)CC. The molecule has 0 rings (SSSR count). The second-order valence-electron chi connectivity index (χ2n) is 3.65. The predicted molar refractivity (Wildman–Crippen MR) is 67.4 cm³/mol. The van der Waals surface area contributed by atoms with Crippen molar-refractivity contribution in [3.05, 3.63) is 12.2 Å². The number of hydrogen-bond donors (Lipinski definition) is 1. The standard InChI is InChI=1S/C14H19NO/c1-4-6-7-8-9-10-11-14(16)15-12-13(3)5-2/h1,10-11,13H,5,8-9,12H2,2-3H3,(H,15,16)/b11-10-. The summed E-state index contributed by atoms with van der Waals surface area (Å²) < 4.78 is 0. The highest BCUT2D eigenvalue weighted by Gasteiger charge is 1.99. The number of amides is 1. The molecule has 2 heteroatoms. The van der Waals surface area contributed by atoms with Crippen LogP contribution < -0.4 is 5.32 Å². The fraction of sp³-hybridized carbons (Fsp3) is 0.500. The van der Waals surface area contributed by atoms with Crippen LogP contribution in [0.25, 0.3) is 0 Å². The number of carbonyl (C=O) groups is 1. The third-order valence-corrected chi connectivity index (χ3v) is 2.19. The van der Waals surface area contributed by atoms with Gasteiger partial charge in [-0.05, 0) is 30.3 Å². The lowest BCUT2D eigenvalue weighted by Gasteiger charge is -2.07. The maximum Gasteiger partial charge on any atom is 0.243 e. The molecule has 0 aromatic carbocycles. The fourth-order valence-electron chi connectivity index (χ4n) is 0.937. The summed E-state index contributed by atoms with van der Waals surface area (Å²) in [5.41, 5.74) is 0. The van der Waals surface area contributed by atoms with E-state index in [2.05, 4.69) is 36.9 Å². The van der Waals surface area contributed by atoms with Crippen molar-refractivity contribution in [3.63, 3.8) is 0 Å². The summed E-state index contributed by atoms with van der Waals surface area (Å²) in [4.78, 5) is 11.3. The zero-order chi connectivity index (χ0) is 12.2. The Labute approximate surface area is 98.5 Å². The van der Waals surface area contributed by atoms with E-state index in [4.69, 9.17) is 6.42 Å². The van der Waals surface area contributed by atoms with Crippen LogP contribution in [0, 0.1) is 30.1 Å². The summed E-state index contributed by atoms with van der Waals surface area (Å²) in [5.74, 6) is 8.06. The highest BCUT2D eigenvalue weighted by Crippen LogP contribution is 1.97. The molecule has 0 fully saturated rings. The van der Waals surface area contributed by atoms with Gasteiger partial charge in [0.25, 0.3) is 0 Å². The van der Waals surface area contributed by atoms with Gasteiger partial charge in [0.2, 0.25) is 5.91 Å². The van der Waals surface area contributed by atoms with Crippen molar-refractivity contribution >= 4 is 5.91 Å². The smallest absolute Gasteiger partial charge is 0.243 e. The molecule has 0 aliphatic rings. The molecule has 0 heterocycles. The lowest BCUT2D eigenvalue weighted by Crippen LogP contribution is -2.26. The molecule has 0 spiro atoms. The van der Waals surface area contributed by atoms with Gasteiger partial charge in [-0.3, -0.25) is 4.79 Å². The average molecular weight is 217 g/mol. The Hall–Kier alpha value is -1.67. The molecule has 86 valence electrons. The zero-order valence-corrected chi connectivity index (χ0v) is 10.0. The van der Waals surface area contributed by atoms with E-state index >= 15 is 0 Å². The van der Waals surface area contributed by atoms with Crippen LogP contribution in [0.3, 0.4) is 0 Å². The largest absolute Gasteiger partial charge is 0.352 e. The maximum absolute atomic E-state index is 11.3. The first kappa shape index (κ1) is 14.3. The van der Waals surface area contributed by atoms with Crippen molar-refractivity contribution in [1.82, 2.24) is 5.32 Å². The minimum Gasteiger partial charge on any atom is -0.352 e. The van der Waals surface area contributed by atoms with Crippen LogP contribution in [0.2, 0.25) is 0 Å². The first-order valence-corrected chi connectivity index (χ1v) is 5.58. The first-order valence-electron chi connectivity index (χ1n) is 5.58. The van der Waals surface area contributed by atoms with Gasteiger partial charge in [-0.1, -0.05) is 32.3 Å². The Morgan fingerprint density at radius 3 is 2.94 bits per heavy atom. The molecule has 2 nitrogen and oxygen atoms in total. The van der Waals surface area contributed by atoms with Gasteiger partial charge in [0.05, 0.1) is 0 Å². The van der Waals surface area contributed by atoms with E-state index in [9.17, 15) is 4.79 Å². The molecule has 1 atom stereocenters. The molecule has 0 bridgehead atoms. The van der Waals surface area contributed by atoms with Crippen molar-refractivity contribution in [2.75, 3.05) is 6.54 Å². The molecular weight excluding hydrogens is 198 g/mol. The number of allylic oxidation sites excluding steroid dienone is 1. The van der Waals surface area contributed by atoms with Gasteiger partial charge in [-0.2, -0.15) is 0 Å². The molecule has 1 amide bonds. The second-order valence-corrected chi connectivity index (χ2v) is 3.65. The summed E-state index contributed by atoms with van der Waals surface area (Å²) in [6.45, 7) is 4.95. The second kappa shape index (κ2) is 9.87. The van der Waals surface area contributed by atoms with Gasteiger partial charge in [-0.15, -0.1) is 6.42 Å². The Kier molecular flexibility index (Phi) is 8.84. The van der Waals surface area contributed by atoms with Crippen LogP contribution in [-0.2, 0) is 4.79 Å². The van der Waals surface area contributed by atoms with E-state index < -0.39 is 0 Å². The number of terminal acetylenes is 1. The van der Waals surface area contributed by atoms with Crippen LogP contribution in [0.5, 0.6) is 0 Å². The highest BCUT2D eigenvalue weighted by molar-refractivity contribution is 5.87. The van der Waals surface area contributed by atoms with Crippen molar-refractivity contribution in [2.45, 2.75) is 33.1 Å². The summed E-state index contributed by atoms with van der Waals surface area (Å²) in [7, 11) is 0. The molecule has 16 heavy (non-hydrogen) atoms. The van der Waals surface area contributed by atoms with Gasteiger partial charge in [0, 0.05) is 13.0 Å². The predicted octanol–water partition coefficient (Wildman–Crippen LogP) is 2.12. The quantitative estimate of drug-likeness (QED) is 0.412. The van der Waals surface area contributed by atoms with Crippen molar-refractivity contribution in [1.29, 1.82) is 0 Å². The molecule has 0 aliphatic heterocycles. The normalized spacial score (nSPS) is 11.3. The highest BCUT2D eigenvalue weighted by atomic mass is 16.1. The summed E-state index contributed by atoms with van der Waals surface area (Å²) in [5, 5.41) is 2.84. The van der Waals surface area contributed by atoms with Gasteiger partial charge >= 0.3 is 0 Å². The molecule has 1 unspecified atom stereocenters. The number of nitrogens with one attached hydrogen (secondary N) is 1. The minimum absolute atomic E-state index is 0.0368. The topological polar surface area (TPSA) is 29.1 Å². The lowest BCUT2D eigenvalue weighted by atomic mass is 10.1. The van der Waals surface area contributed by atoms with Crippen molar-refractivity contribution in [3.8, 4) is 24.2 Å². The molecule has 0 aliphatic carbocycles. The van der Waals surface area contributed by atoms with Gasteiger partial charge in [0.1, 0.15) is 0 Å². The maximum atomic E-state index is 11.3. The van der Waals surface area contributed by atoms with Gasteiger partial charge < -0.3 is 5.32 Å². The van der Waals surface area contributed by atoms with E-state index in [0.29, 0.717) is 12.3 Å². The average Bonchev–Trinajstić information content (AvgIpc) is 2.30. The van der Waals surface area contributed by atoms with E-state index in [-0.39, 0.29) is 5.91 Å². The van der Waals surface area contributed by atoms with E-state index in [0.717, 1.165) is 19.4 Å². The summed E-state index contributed by atoms with van der Waals surface area (Å²) in [6.07, 6.45) is 10.9. The van der Waals surface area contributed by atoms with Crippen LogP contribution in [0.15, 0.2) is 12.2 Å². The summed E-state index contributed by atoms with van der Waals surface area (Å²) >= 11 is 0. The number of carbonyl (C=O) groups excluding carboxylic acids is 1. The summed E-state index contributed by atoms with van der Waals surface area (Å²) in [6, 6.07) is 0. The zero-order valence-electron chi connectivity index (χ0n) is 10.0. The number of hydrogen-bond acceptors (Lipinski definition) is 1. The molecular formula is C14H19NO. The fourth-order valence-corrected chi connectivity index (χ4v) is 0.937. The molecule has 0 saturated carbocycles. The van der Waals surface area contributed by atoms with Crippen LogP contribution in [0.4, 0.5) is 0 Å². The molecule has 0 radical (unpaired) electrons. The Bertz CT molecular complexity index is 325. The number of rotatable bonds is 6. The number of unbranched alkanes of at least 4 members (excludes halogenated alkanes) is 1. The molecule has 0 aromatic heterocycles. The van der Waals surface area contributed by atoms with Crippen LogP contribution in [-0.4, -0.2) is 12.5 Å². The first-order chi connectivity index (χ1) is 7.70. The van der Waals surface area contributed by atoms with Crippen LogP contribution >= 0.6 is 0 Å². The minimum atomic E-state index is -0.0368. The van der Waals surface area contributed by atoms with Crippen molar-refractivity contribution < 1.29 is 4.79 Å². The van der Waals surface area contributed by atoms with Crippen LogP contribution in [0.1, 0.15) is 33.1 Å². The monoisotopic (exact) mass is 217 g/mol. The van der Waals surface area contributed by atoms with E-state index in [1.807, 2.05) is 6.08 Å². The Balaban J connectivity index is 3.63. The van der Waals surface area contributed by atoms with Crippen molar-refractivity contribution in [2.24, 2.45) is 5.92 Å². The van der Waals surface area contributed by atoms with Gasteiger partial charge in [0.15, 0.2) is 0 Å². The lowest BCUT2D eigenvalue weighted by molar-refractivity contribution is -0.116. The van der Waals surface area contributed by atoms with E-state index in [1.54, 1.807) is 6.08 Å². The van der Waals surface area contributed by atoms with Gasteiger partial charge in [-0.25, -0.2) is 0 Å². The Morgan fingerprint density at radius 1 is 1.56 bits per heavy atom.